The van der Waals surface area contributed by atoms with Gasteiger partial charge >= 0.3 is 0 Å². The summed E-state index contributed by atoms with van der Waals surface area (Å²) < 4.78 is 13.6. The fourth-order valence-electron chi connectivity index (χ4n) is 4.85. The smallest absolute Gasteiger partial charge is 0.243 e. The summed E-state index contributed by atoms with van der Waals surface area (Å²) >= 11 is 7.61. The van der Waals surface area contributed by atoms with Gasteiger partial charge in [-0.05, 0) is 53.8 Å². The Labute approximate surface area is 234 Å². The Hall–Kier alpha value is -2.83. The molecule has 1 atom stereocenters. The van der Waals surface area contributed by atoms with Gasteiger partial charge in [0.15, 0.2) is 0 Å². The average Bonchev–Trinajstić information content (AvgIpc) is 2.93. The number of nitrogens with one attached hydrogen (secondary N) is 1. The van der Waals surface area contributed by atoms with Crippen molar-refractivity contribution in [2.45, 2.75) is 62.9 Å². The predicted octanol–water partition coefficient (Wildman–Crippen LogP) is 6.80. The molecule has 0 radical (unpaired) electrons. The first kappa shape index (κ1) is 28.2. The minimum atomic E-state index is -0.677. The first-order valence-electron chi connectivity index (χ1n) is 13.2. The van der Waals surface area contributed by atoms with Crippen LogP contribution in [0.1, 0.15) is 48.8 Å². The zero-order chi connectivity index (χ0) is 26.7. The number of amides is 2. The van der Waals surface area contributed by atoms with Gasteiger partial charge in [-0.1, -0.05) is 85.5 Å². The van der Waals surface area contributed by atoms with Crippen LogP contribution < -0.4 is 5.32 Å². The van der Waals surface area contributed by atoms with Gasteiger partial charge in [0.25, 0.3) is 0 Å². The van der Waals surface area contributed by atoms with Crippen molar-refractivity contribution in [1.82, 2.24) is 10.2 Å². The lowest BCUT2D eigenvalue weighted by molar-refractivity contribution is -0.139. The van der Waals surface area contributed by atoms with Crippen LogP contribution in [0.4, 0.5) is 4.39 Å². The Bertz CT molecular complexity index is 1190. The van der Waals surface area contributed by atoms with Gasteiger partial charge in [-0.2, -0.15) is 0 Å². The summed E-state index contributed by atoms with van der Waals surface area (Å²) in [5.41, 5.74) is 2.80. The zero-order valence-electron chi connectivity index (χ0n) is 21.5. The van der Waals surface area contributed by atoms with Gasteiger partial charge in [0.05, 0.1) is 5.75 Å². The molecular weight excluding hydrogens is 519 g/mol. The van der Waals surface area contributed by atoms with Crippen molar-refractivity contribution in [3.63, 3.8) is 0 Å². The molecule has 7 heteroatoms. The van der Waals surface area contributed by atoms with Crippen LogP contribution >= 0.6 is 23.4 Å². The van der Waals surface area contributed by atoms with Crippen LogP contribution in [-0.4, -0.2) is 34.6 Å². The van der Waals surface area contributed by atoms with E-state index < -0.39 is 6.04 Å². The van der Waals surface area contributed by atoms with Crippen LogP contribution in [0, 0.1) is 5.82 Å². The lowest BCUT2D eigenvalue weighted by Gasteiger charge is -2.33. The van der Waals surface area contributed by atoms with E-state index in [2.05, 4.69) is 5.32 Å². The van der Waals surface area contributed by atoms with E-state index >= 15 is 0 Å². The molecule has 0 aromatic heterocycles. The second-order valence-corrected chi connectivity index (χ2v) is 11.2. The molecule has 3 aromatic carbocycles. The molecule has 38 heavy (non-hydrogen) atoms. The van der Waals surface area contributed by atoms with Crippen LogP contribution in [0.2, 0.25) is 5.02 Å². The van der Waals surface area contributed by atoms with Gasteiger partial charge in [0.2, 0.25) is 11.8 Å². The molecule has 4 nitrogen and oxygen atoms in total. The molecule has 0 aliphatic heterocycles. The molecule has 1 fully saturated rings. The Morgan fingerprint density at radius 3 is 2.34 bits per heavy atom. The number of rotatable bonds is 11. The topological polar surface area (TPSA) is 49.4 Å². The highest BCUT2D eigenvalue weighted by Crippen LogP contribution is 2.22. The number of benzene rings is 3. The van der Waals surface area contributed by atoms with E-state index in [0.29, 0.717) is 17.2 Å². The molecule has 0 saturated heterocycles. The number of thioether (sulfide) groups is 1. The van der Waals surface area contributed by atoms with E-state index in [9.17, 15) is 14.0 Å². The number of halogens is 2. The molecule has 1 unspecified atom stereocenters. The van der Waals surface area contributed by atoms with Crippen molar-refractivity contribution in [2.75, 3.05) is 5.75 Å². The minimum Gasteiger partial charge on any atom is -0.352 e. The molecule has 1 aliphatic rings. The molecule has 200 valence electrons. The SMILES string of the molecule is O=C(NC1CCCCC1)C(Cc1ccccc1)N(Cc1ccc(F)cc1)C(=O)CSCc1cccc(Cl)c1. The Balaban J connectivity index is 1.56. The molecule has 1 N–H and O–H groups in total. The van der Waals surface area contributed by atoms with Crippen molar-refractivity contribution < 1.29 is 14.0 Å². The number of hydrogen-bond acceptors (Lipinski definition) is 3. The fraction of sp³-hybridized carbons (Fsp3) is 0.355. The van der Waals surface area contributed by atoms with E-state index in [-0.39, 0.29) is 36.0 Å². The third-order valence-electron chi connectivity index (χ3n) is 6.87. The monoisotopic (exact) mass is 552 g/mol. The Morgan fingerprint density at radius 1 is 0.921 bits per heavy atom. The summed E-state index contributed by atoms with van der Waals surface area (Å²) in [5.74, 6) is 0.265. The van der Waals surface area contributed by atoms with Crippen LogP contribution in [0.15, 0.2) is 78.9 Å². The molecule has 2 amide bonds. The third kappa shape index (κ3) is 8.60. The summed E-state index contributed by atoms with van der Waals surface area (Å²) in [7, 11) is 0. The third-order valence-corrected chi connectivity index (χ3v) is 8.10. The zero-order valence-corrected chi connectivity index (χ0v) is 23.0. The van der Waals surface area contributed by atoms with E-state index in [1.807, 2.05) is 54.6 Å². The fourth-order valence-corrected chi connectivity index (χ4v) is 5.92. The Morgan fingerprint density at radius 2 is 1.63 bits per heavy atom. The van der Waals surface area contributed by atoms with Crippen molar-refractivity contribution in [3.8, 4) is 0 Å². The summed E-state index contributed by atoms with van der Waals surface area (Å²) in [4.78, 5) is 29.1. The number of carbonyl (C=O) groups is 2. The molecular formula is C31H34ClFN2O2S. The maximum absolute atomic E-state index is 13.8. The molecule has 3 aromatic rings. The van der Waals surface area contributed by atoms with Gasteiger partial charge in [0, 0.05) is 29.8 Å². The molecule has 4 rings (SSSR count). The second-order valence-electron chi connectivity index (χ2n) is 9.82. The van der Waals surface area contributed by atoms with Crippen molar-refractivity contribution >= 4 is 35.2 Å². The van der Waals surface area contributed by atoms with Gasteiger partial charge in [-0.25, -0.2) is 4.39 Å². The van der Waals surface area contributed by atoms with Crippen LogP contribution in [0.5, 0.6) is 0 Å². The normalized spacial score (nSPS) is 14.6. The van der Waals surface area contributed by atoms with E-state index in [0.717, 1.165) is 42.4 Å². The van der Waals surface area contributed by atoms with Gasteiger partial charge in [0.1, 0.15) is 11.9 Å². The summed E-state index contributed by atoms with van der Waals surface area (Å²) in [6, 6.07) is 23.0. The Kier molecular flexibility index (Phi) is 10.6. The molecule has 0 bridgehead atoms. The van der Waals surface area contributed by atoms with E-state index in [1.54, 1.807) is 17.0 Å². The highest BCUT2D eigenvalue weighted by molar-refractivity contribution is 7.99. The summed E-state index contributed by atoms with van der Waals surface area (Å²) in [6.07, 6.45) is 5.74. The number of carbonyl (C=O) groups excluding carboxylic acids is 2. The maximum Gasteiger partial charge on any atom is 0.243 e. The number of nitrogens with zero attached hydrogens (tertiary/aromatic N) is 1. The molecule has 0 spiro atoms. The first-order valence-corrected chi connectivity index (χ1v) is 14.7. The molecule has 1 aliphatic carbocycles. The summed E-state index contributed by atoms with van der Waals surface area (Å²) in [5, 5.41) is 3.91. The first-order chi connectivity index (χ1) is 18.5. The van der Waals surface area contributed by atoms with Gasteiger partial charge in [-0.3, -0.25) is 9.59 Å². The number of hydrogen-bond donors (Lipinski definition) is 1. The van der Waals surface area contributed by atoms with E-state index in [1.165, 1.54) is 30.3 Å². The van der Waals surface area contributed by atoms with Gasteiger partial charge < -0.3 is 10.2 Å². The lowest BCUT2D eigenvalue weighted by Crippen LogP contribution is -2.53. The highest BCUT2D eigenvalue weighted by atomic mass is 35.5. The van der Waals surface area contributed by atoms with Crippen molar-refractivity contribution in [3.05, 3.63) is 106 Å². The quantitative estimate of drug-likeness (QED) is 0.284. The summed E-state index contributed by atoms with van der Waals surface area (Å²) in [6.45, 7) is 0.229. The maximum atomic E-state index is 13.8. The second kappa shape index (κ2) is 14.4. The largest absolute Gasteiger partial charge is 0.352 e. The van der Waals surface area contributed by atoms with Crippen LogP contribution in [0.3, 0.4) is 0 Å². The van der Waals surface area contributed by atoms with Crippen molar-refractivity contribution in [2.24, 2.45) is 0 Å². The van der Waals surface area contributed by atoms with E-state index in [4.69, 9.17) is 11.6 Å². The van der Waals surface area contributed by atoms with Gasteiger partial charge in [-0.15, -0.1) is 11.8 Å². The highest BCUT2D eigenvalue weighted by Gasteiger charge is 2.31. The molecule has 0 heterocycles. The predicted molar refractivity (Wildman–Crippen MR) is 154 cm³/mol. The molecule has 1 saturated carbocycles. The minimum absolute atomic E-state index is 0.124. The lowest BCUT2D eigenvalue weighted by atomic mass is 9.94. The van der Waals surface area contributed by atoms with Crippen molar-refractivity contribution in [1.29, 1.82) is 0 Å². The van der Waals surface area contributed by atoms with Crippen LogP contribution in [-0.2, 0) is 28.3 Å². The average molecular weight is 553 g/mol. The van der Waals surface area contributed by atoms with Crippen LogP contribution in [0.25, 0.3) is 0 Å². The standard InChI is InChI=1S/C31H34ClFN2O2S/c32-26-11-7-10-25(18-26)21-38-22-30(36)35(20-24-14-16-27(33)17-15-24)29(19-23-8-3-1-4-9-23)31(37)34-28-12-5-2-6-13-28/h1,3-4,7-11,14-18,28-29H,2,5-6,12-13,19-22H2,(H,34,37).